The van der Waals surface area contributed by atoms with Crippen LogP contribution < -0.4 is 19.6 Å². The first-order chi connectivity index (χ1) is 60.6. The molecule has 8 saturated heterocycles. The first-order valence-corrected chi connectivity index (χ1v) is 53.7. The Bertz CT molecular complexity index is 4600. The van der Waals surface area contributed by atoms with Crippen molar-refractivity contribution in [3.05, 3.63) is 189 Å². The van der Waals surface area contributed by atoms with Crippen LogP contribution in [0.5, 0.6) is 0 Å². The van der Waals surface area contributed by atoms with Gasteiger partial charge < -0.3 is 59.0 Å². The molecule has 8 atom stereocenters. The molecule has 704 valence electrons. The number of anilines is 4. The SMILES string of the molecule is C[C@H]1COCCN1C[C@@H]1CN(S(=O)(=O)c2cccs2)CCN1c1ccc(C(C)(C)O)cc1.C[C@H]1COCCN1C[C@@H]1CN(S(=O)(=O)c2cccs2)CCN1c1ccc(C(C)(C)O)cc1.C[C@H]1COCCN1C[C@H]1CN(S(=O)(=O)c2cccs2)CCN1c1ccc(C(C)(C)O)cc1.C[C@H]1COCCN1C[C@H]1CN(S(=O)(=O)c2cccs2)CCN1c1ccc(C(C)(C)O)cc1. The number of nitrogens with zero attached hydrogens (tertiary/aromatic N) is 12. The predicted molar refractivity (Wildman–Crippen MR) is 511 cm³/mol. The Kier molecular flexibility index (Phi) is 33.2. The molecule has 0 unspecified atom stereocenters. The Labute approximate surface area is 775 Å². The molecule has 28 nitrogen and oxygen atoms in total. The molecule has 8 aliphatic heterocycles. The first-order valence-electron chi connectivity index (χ1n) is 44.4. The highest BCUT2D eigenvalue weighted by molar-refractivity contribution is 7.92. The van der Waals surface area contributed by atoms with Gasteiger partial charge >= 0.3 is 0 Å². The van der Waals surface area contributed by atoms with Gasteiger partial charge in [0.1, 0.15) is 16.8 Å². The van der Waals surface area contributed by atoms with E-state index in [1.54, 1.807) is 143 Å². The third-order valence-corrected chi connectivity index (χ3v) is 38.5. The Balaban J connectivity index is 0.000000146. The summed E-state index contributed by atoms with van der Waals surface area (Å²) < 4.78 is 136. The van der Waals surface area contributed by atoms with Gasteiger partial charge in [0.25, 0.3) is 40.1 Å². The van der Waals surface area contributed by atoms with Crippen LogP contribution in [0.3, 0.4) is 0 Å². The van der Waals surface area contributed by atoms with E-state index in [0.717, 1.165) is 97.4 Å². The molecule has 8 fully saturated rings. The molecule has 0 spiro atoms. The van der Waals surface area contributed by atoms with Gasteiger partial charge in [0.15, 0.2) is 0 Å². The molecule has 12 heterocycles. The van der Waals surface area contributed by atoms with E-state index in [-0.39, 0.29) is 24.2 Å². The van der Waals surface area contributed by atoms with Gasteiger partial charge in [0.05, 0.1) is 99.4 Å². The lowest BCUT2D eigenvalue weighted by molar-refractivity contribution is -0.00447. The van der Waals surface area contributed by atoms with E-state index in [1.807, 2.05) is 97.1 Å². The largest absolute Gasteiger partial charge is 0.386 e. The second kappa shape index (κ2) is 42.7. The molecule has 4 N–H and O–H groups in total. The Morgan fingerprint density at radius 1 is 0.289 bits per heavy atom. The van der Waals surface area contributed by atoms with Crippen LogP contribution in [0.4, 0.5) is 22.7 Å². The van der Waals surface area contributed by atoms with Gasteiger partial charge in [-0.1, -0.05) is 72.8 Å². The van der Waals surface area contributed by atoms with Gasteiger partial charge in [-0.2, -0.15) is 17.2 Å². The van der Waals surface area contributed by atoms with E-state index in [4.69, 9.17) is 18.9 Å². The molecule has 4 aromatic carbocycles. The van der Waals surface area contributed by atoms with Gasteiger partial charge in [-0.3, -0.25) is 19.6 Å². The molecule has 8 aromatic rings. The summed E-state index contributed by atoms with van der Waals surface area (Å²) in [5, 5.41) is 48.4. The maximum absolute atomic E-state index is 13.2. The molecule has 128 heavy (non-hydrogen) atoms. The number of hydrogen-bond donors (Lipinski definition) is 4. The molecular formula is C92H132N12O16S8. The summed E-state index contributed by atoms with van der Waals surface area (Å²) in [7, 11) is -14.0. The highest BCUT2D eigenvalue weighted by atomic mass is 32.3. The number of thiophene rings is 4. The standard InChI is InChI=1S/4C23H33N3O4S2/c4*1-18-17-30-13-12-24(18)15-21-16-25(32(28,29)22-5-4-14-31-22)10-11-26(21)20-8-6-19(7-9-20)23(2,3)27/h4*4-9,14,18,21,27H,10-13,15-17H2,1-3H3/t2*18-,21+;2*18-,21-/m0000/s1. The summed E-state index contributed by atoms with van der Waals surface area (Å²) >= 11 is 5.07. The van der Waals surface area contributed by atoms with E-state index >= 15 is 0 Å². The number of hydrogen-bond acceptors (Lipinski definition) is 28. The van der Waals surface area contributed by atoms with Crippen LogP contribution in [-0.4, -0.2) is 323 Å². The highest BCUT2D eigenvalue weighted by Gasteiger charge is 2.43. The summed E-state index contributed by atoms with van der Waals surface area (Å²) in [6.45, 7) is 41.0. The van der Waals surface area contributed by atoms with Crippen molar-refractivity contribution in [3.8, 4) is 0 Å². The summed E-state index contributed by atoms with van der Waals surface area (Å²) in [6.07, 6.45) is 0. The Morgan fingerprint density at radius 2 is 0.477 bits per heavy atom. The normalized spacial score (nSPS) is 24.1. The Hall–Kier alpha value is -5.96. The van der Waals surface area contributed by atoms with Crippen LogP contribution in [0.2, 0.25) is 0 Å². The van der Waals surface area contributed by atoms with E-state index in [0.29, 0.717) is 172 Å². The summed E-state index contributed by atoms with van der Waals surface area (Å²) in [6, 6.07) is 47.1. The number of aliphatic hydroxyl groups is 4. The molecule has 0 amide bonds. The predicted octanol–water partition coefficient (Wildman–Crippen LogP) is 10.3. The molecule has 0 saturated carbocycles. The second-order valence-electron chi connectivity index (χ2n) is 36.7. The lowest BCUT2D eigenvalue weighted by Gasteiger charge is -2.45. The van der Waals surface area contributed by atoms with E-state index in [2.05, 4.69) is 66.9 Å². The maximum Gasteiger partial charge on any atom is 0.252 e. The molecule has 0 radical (unpaired) electrons. The van der Waals surface area contributed by atoms with Gasteiger partial charge in [0, 0.05) is 178 Å². The number of rotatable bonds is 24. The van der Waals surface area contributed by atoms with Crippen molar-refractivity contribution < 1.29 is 73.0 Å². The number of morpholine rings is 4. The highest BCUT2D eigenvalue weighted by Crippen LogP contribution is 2.37. The molecule has 16 rings (SSSR count). The van der Waals surface area contributed by atoms with E-state index in [1.165, 1.54) is 45.3 Å². The average Bonchev–Trinajstić information content (AvgIpc) is 1.000. The van der Waals surface area contributed by atoms with Crippen LogP contribution in [0.25, 0.3) is 0 Å². The zero-order valence-electron chi connectivity index (χ0n) is 75.9. The molecule has 4 aromatic heterocycles. The number of sulfonamides is 4. The number of piperazine rings is 4. The van der Waals surface area contributed by atoms with Crippen LogP contribution in [0, 0.1) is 0 Å². The smallest absolute Gasteiger partial charge is 0.252 e. The first kappa shape index (κ1) is 99.5. The van der Waals surface area contributed by atoms with E-state index < -0.39 is 62.5 Å². The van der Waals surface area contributed by atoms with Gasteiger partial charge in [-0.25, -0.2) is 33.7 Å². The van der Waals surface area contributed by atoms with Crippen molar-refractivity contribution >= 4 is 108 Å². The lowest BCUT2D eigenvalue weighted by Crippen LogP contribution is -2.60. The lowest BCUT2D eigenvalue weighted by atomic mass is 9.98. The minimum absolute atomic E-state index is 0.0204. The summed E-state index contributed by atoms with van der Waals surface area (Å²) in [5.41, 5.74) is 4.07. The minimum atomic E-state index is -3.49. The molecular weight excluding hydrogens is 1790 g/mol. The average molecular weight is 1920 g/mol. The van der Waals surface area contributed by atoms with Crippen molar-refractivity contribution in [2.75, 3.05) is 203 Å². The maximum atomic E-state index is 13.2. The molecule has 8 aliphatic rings. The van der Waals surface area contributed by atoms with Crippen molar-refractivity contribution in [1.82, 2.24) is 36.8 Å². The summed E-state index contributed by atoms with van der Waals surface area (Å²) in [5.74, 6) is 0. The monoisotopic (exact) mass is 1920 g/mol. The minimum Gasteiger partial charge on any atom is -0.386 e. The second-order valence-corrected chi connectivity index (χ2v) is 49.1. The van der Waals surface area contributed by atoms with Crippen LogP contribution in [0.1, 0.15) is 105 Å². The van der Waals surface area contributed by atoms with Crippen LogP contribution in [-0.2, 0) is 81.4 Å². The van der Waals surface area contributed by atoms with Crippen molar-refractivity contribution in [2.24, 2.45) is 0 Å². The quantitative estimate of drug-likeness (QED) is 0.0437. The van der Waals surface area contributed by atoms with Crippen LogP contribution in [0.15, 0.2) is 184 Å². The van der Waals surface area contributed by atoms with Gasteiger partial charge in [-0.05, 0) is 200 Å². The Morgan fingerprint density at radius 3 is 0.633 bits per heavy atom. The third-order valence-electron chi connectivity index (χ3n) is 25.6. The fourth-order valence-corrected chi connectivity index (χ4v) is 28.2. The number of benzene rings is 4. The van der Waals surface area contributed by atoms with Crippen molar-refractivity contribution in [3.63, 3.8) is 0 Å². The van der Waals surface area contributed by atoms with E-state index in [9.17, 15) is 54.1 Å². The van der Waals surface area contributed by atoms with Crippen molar-refractivity contribution in [2.45, 2.75) is 171 Å². The zero-order valence-corrected chi connectivity index (χ0v) is 82.4. The van der Waals surface area contributed by atoms with Gasteiger partial charge in [-0.15, -0.1) is 45.3 Å². The fourth-order valence-electron chi connectivity index (χ4n) is 17.8. The third kappa shape index (κ3) is 24.8. The number of ether oxygens (including phenoxy) is 4. The van der Waals surface area contributed by atoms with Gasteiger partial charge in [0.2, 0.25) is 0 Å². The summed E-state index contributed by atoms with van der Waals surface area (Å²) in [4.78, 5) is 18.9. The molecule has 0 aliphatic carbocycles. The zero-order chi connectivity index (χ0) is 91.7. The van der Waals surface area contributed by atoms with Crippen LogP contribution >= 0.6 is 45.3 Å². The van der Waals surface area contributed by atoms with Crippen molar-refractivity contribution in [1.29, 1.82) is 0 Å². The molecule has 36 heteroatoms. The fraction of sp³-hybridized carbons (Fsp3) is 0.565. The topological polar surface area (TPSA) is 293 Å². The molecule has 0 bridgehead atoms.